The van der Waals surface area contributed by atoms with E-state index in [4.69, 9.17) is 0 Å². The van der Waals surface area contributed by atoms with E-state index < -0.39 is 0 Å². The van der Waals surface area contributed by atoms with Gasteiger partial charge in [0, 0.05) is 43.1 Å². The number of rotatable bonds is 5. The second-order valence-corrected chi connectivity index (χ2v) is 6.87. The lowest BCUT2D eigenvalue weighted by Crippen LogP contribution is -2.48. The van der Waals surface area contributed by atoms with Crippen molar-refractivity contribution in [1.82, 2.24) is 4.90 Å². The predicted molar refractivity (Wildman–Crippen MR) is 105 cm³/mol. The summed E-state index contributed by atoms with van der Waals surface area (Å²) >= 11 is 0. The lowest BCUT2D eigenvalue weighted by Gasteiger charge is -2.35. The quantitative estimate of drug-likeness (QED) is 0.823. The highest BCUT2D eigenvalue weighted by molar-refractivity contribution is 5.94. The first kappa shape index (κ1) is 19.0. The van der Waals surface area contributed by atoms with Crippen LogP contribution in [0.2, 0.25) is 0 Å². The molecule has 0 atom stereocenters. The molecule has 0 saturated carbocycles. The first-order valence-electron chi connectivity index (χ1n) is 9.06. The van der Waals surface area contributed by atoms with E-state index in [-0.39, 0.29) is 24.1 Å². The summed E-state index contributed by atoms with van der Waals surface area (Å²) in [6, 6.07) is 12.0. The molecule has 1 N–H and O–H groups in total. The number of piperazine rings is 1. The lowest BCUT2D eigenvalue weighted by atomic mass is 10.1. The van der Waals surface area contributed by atoms with Crippen LogP contribution in [0, 0.1) is 12.7 Å². The smallest absolute Gasteiger partial charge is 0.238 e. The van der Waals surface area contributed by atoms with Crippen LogP contribution in [0.1, 0.15) is 22.8 Å². The molecular weight excluding hydrogens is 345 g/mol. The maximum absolute atomic E-state index is 13.3. The van der Waals surface area contributed by atoms with Crippen molar-refractivity contribution < 1.29 is 14.0 Å². The molecule has 0 spiro atoms. The van der Waals surface area contributed by atoms with Gasteiger partial charge in [-0.25, -0.2) is 4.39 Å². The molecule has 2 aromatic carbocycles. The summed E-state index contributed by atoms with van der Waals surface area (Å²) in [5.41, 5.74) is 3.15. The van der Waals surface area contributed by atoms with Crippen LogP contribution in [0.25, 0.3) is 0 Å². The maximum Gasteiger partial charge on any atom is 0.238 e. The Labute approximate surface area is 158 Å². The predicted octanol–water partition coefficient (Wildman–Crippen LogP) is 3.10. The highest BCUT2D eigenvalue weighted by atomic mass is 19.1. The van der Waals surface area contributed by atoms with E-state index in [0.717, 1.165) is 37.4 Å². The van der Waals surface area contributed by atoms with Crippen LogP contribution < -0.4 is 10.2 Å². The standard InChI is InChI=1S/C21H24FN3O2/c1-15-3-6-18(22)13-20(15)23-21(27)14-24-9-11-25(12-10-24)19-7-4-17(5-8-19)16(2)26/h3-8,13H,9-12,14H2,1-2H3,(H,23,27). The number of amides is 1. The molecule has 0 unspecified atom stereocenters. The van der Waals surface area contributed by atoms with Crippen LogP contribution in [-0.4, -0.2) is 49.3 Å². The third-order valence-corrected chi connectivity index (χ3v) is 4.85. The second kappa shape index (κ2) is 8.31. The minimum Gasteiger partial charge on any atom is -0.369 e. The van der Waals surface area contributed by atoms with Crippen molar-refractivity contribution >= 4 is 23.1 Å². The Morgan fingerprint density at radius 1 is 1.04 bits per heavy atom. The van der Waals surface area contributed by atoms with Gasteiger partial charge >= 0.3 is 0 Å². The number of benzene rings is 2. The Kier molecular flexibility index (Phi) is 5.86. The molecule has 0 bridgehead atoms. The van der Waals surface area contributed by atoms with Gasteiger partial charge in [0.05, 0.1) is 6.54 Å². The topological polar surface area (TPSA) is 52.7 Å². The van der Waals surface area contributed by atoms with Gasteiger partial charge in [-0.05, 0) is 55.8 Å². The largest absolute Gasteiger partial charge is 0.369 e. The van der Waals surface area contributed by atoms with Crippen LogP contribution >= 0.6 is 0 Å². The van der Waals surface area contributed by atoms with Gasteiger partial charge in [-0.1, -0.05) is 6.07 Å². The molecule has 2 aromatic rings. The highest BCUT2D eigenvalue weighted by Gasteiger charge is 2.19. The number of hydrogen-bond acceptors (Lipinski definition) is 4. The molecule has 1 aliphatic heterocycles. The third-order valence-electron chi connectivity index (χ3n) is 4.85. The summed E-state index contributed by atoms with van der Waals surface area (Å²) in [6.45, 7) is 6.84. The molecule has 0 aromatic heterocycles. The van der Waals surface area contributed by atoms with Crippen molar-refractivity contribution in [3.8, 4) is 0 Å². The molecule has 1 saturated heterocycles. The summed E-state index contributed by atoms with van der Waals surface area (Å²) in [5, 5.41) is 2.79. The number of nitrogens with zero attached hydrogens (tertiary/aromatic N) is 2. The zero-order valence-electron chi connectivity index (χ0n) is 15.7. The summed E-state index contributed by atoms with van der Waals surface area (Å²) in [7, 11) is 0. The monoisotopic (exact) mass is 369 g/mol. The molecule has 0 radical (unpaired) electrons. The number of hydrogen-bond donors (Lipinski definition) is 1. The maximum atomic E-state index is 13.3. The van der Waals surface area contributed by atoms with Gasteiger partial charge in [-0.15, -0.1) is 0 Å². The van der Waals surface area contributed by atoms with E-state index in [9.17, 15) is 14.0 Å². The molecule has 1 aliphatic rings. The molecule has 1 fully saturated rings. The van der Waals surface area contributed by atoms with Crippen molar-refractivity contribution in [3.05, 3.63) is 59.4 Å². The number of carbonyl (C=O) groups excluding carboxylic acids is 2. The first-order valence-corrected chi connectivity index (χ1v) is 9.06. The van der Waals surface area contributed by atoms with Gasteiger partial charge in [0.1, 0.15) is 5.82 Å². The van der Waals surface area contributed by atoms with Gasteiger partial charge in [-0.2, -0.15) is 0 Å². The molecule has 5 nitrogen and oxygen atoms in total. The van der Waals surface area contributed by atoms with E-state index in [2.05, 4.69) is 15.1 Å². The van der Waals surface area contributed by atoms with Gasteiger partial charge in [0.15, 0.2) is 5.78 Å². The fourth-order valence-corrected chi connectivity index (χ4v) is 3.19. The Morgan fingerprint density at radius 3 is 2.33 bits per heavy atom. The molecule has 27 heavy (non-hydrogen) atoms. The van der Waals surface area contributed by atoms with Crippen molar-refractivity contribution in [2.45, 2.75) is 13.8 Å². The average molecular weight is 369 g/mol. The zero-order valence-corrected chi connectivity index (χ0v) is 15.7. The molecule has 142 valence electrons. The minimum absolute atomic E-state index is 0.0610. The highest BCUT2D eigenvalue weighted by Crippen LogP contribution is 2.18. The summed E-state index contributed by atoms with van der Waals surface area (Å²) in [6.07, 6.45) is 0. The van der Waals surface area contributed by atoms with Crippen molar-refractivity contribution in [1.29, 1.82) is 0 Å². The number of ketones is 1. The number of carbonyl (C=O) groups is 2. The van der Waals surface area contributed by atoms with E-state index in [1.54, 1.807) is 13.0 Å². The summed E-state index contributed by atoms with van der Waals surface area (Å²) < 4.78 is 13.3. The number of anilines is 2. The number of nitrogens with one attached hydrogen (secondary N) is 1. The van der Waals surface area contributed by atoms with Crippen molar-refractivity contribution in [2.75, 3.05) is 42.9 Å². The van der Waals surface area contributed by atoms with Crippen LogP contribution in [0.4, 0.5) is 15.8 Å². The van der Waals surface area contributed by atoms with Gasteiger partial charge < -0.3 is 10.2 Å². The second-order valence-electron chi connectivity index (χ2n) is 6.87. The van der Waals surface area contributed by atoms with E-state index in [1.807, 2.05) is 31.2 Å². The SMILES string of the molecule is CC(=O)c1ccc(N2CCN(CC(=O)Nc3cc(F)ccc3C)CC2)cc1. The molecule has 0 aliphatic carbocycles. The minimum atomic E-state index is -0.361. The van der Waals surface area contributed by atoms with E-state index in [0.29, 0.717) is 11.3 Å². The lowest BCUT2D eigenvalue weighted by molar-refractivity contribution is -0.117. The van der Waals surface area contributed by atoms with Crippen LogP contribution in [0.5, 0.6) is 0 Å². The first-order chi connectivity index (χ1) is 12.9. The van der Waals surface area contributed by atoms with Crippen LogP contribution in [-0.2, 0) is 4.79 Å². The molecule has 6 heteroatoms. The summed E-state index contributed by atoms with van der Waals surface area (Å²) in [5.74, 6) is -0.436. The molecule has 1 heterocycles. The van der Waals surface area contributed by atoms with Crippen LogP contribution in [0.3, 0.4) is 0 Å². The van der Waals surface area contributed by atoms with Gasteiger partial charge in [-0.3, -0.25) is 14.5 Å². The van der Waals surface area contributed by atoms with E-state index in [1.165, 1.54) is 12.1 Å². The normalized spacial score (nSPS) is 14.9. The van der Waals surface area contributed by atoms with Crippen molar-refractivity contribution in [2.24, 2.45) is 0 Å². The van der Waals surface area contributed by atoms with Crippen molar-refractivity contribution in [3.63, 3.8) is 0 Å². The van der Waals surface area contributed by atoms with Gasteiger partial charge in [0.25, 0.3) is 0 Å². The Morgan fingerprint density at radius 2 is 1.70 bits per heavy atom. The fourth-order valence-electron chi connectivity index (χ4n) is 3.19. The van der Waals surface area contributed by atoms with Crippen LogP contribution in [0.15, 0.2) is 42.5 Å². The molecule has 1 amide bonds. The third kappa shape index (κ3) is 4.92. The summed E-state index contributed by atoms with van der Waals surface area (Å²) in [4.78, 5) is 28.0. The number of halogens is 1. The average Bonchev–Trinajstić information content (AvgIpc) is 2.65. The van der Waals surface area contributed by atoms with Gasteiger partial charge in [0.2, 0.25) is 5.91 Å². The number of aryl methyl sites for hydroxylation is 1. The number of Topliss-reactive ketones (excluding diaryl/α,β-unsaturated/α-hetero) is 1. The van der Waals surface area contributed by atoms with E-state index >= 15 is 0 Å². The molecular formula is C21H24FN3O2. The fraction of sp³-hybridized carbons (Fsp3) is 0.333. The zero-order chi connectivity index (χ0) is 19.4. The Bertz CT molecular complexity index is 828. The Balaban J connectivity index is 1.51. The Hall–Kier alpha value is -2.73. The molecule has 3 rings (SSSR count).